The Bertz CT molecular complexity index is 1310. The fourth-order valence-corrected chi connectivity index (χ4v) is 3.14. The van der Waals surface area contributed by atoms with Crippen LogP contribution in [0.2, 0.25) is 0 Å². The van der Waals surface area contributed by atoms with E-state index in [1.165, 1.54) is 18.3 Å². The number of nitrogens with one attached hydrogen (secondary N) is 3. The van der Waals surface area contributed by atoms with Gasteiger partial charge in [-0.05, 0) is 36.8 Å². The fraction of sp³-hybridized carbons (Fsp3) is 0.136. The topological polar surface area (TPSA) is 105 Å². The van der Waals surface area contributed by atoms with Crippen LogP contribution in [-0.2, 0) is 12.7 Å². The number of pyridine rings is 2. The van der Waals surface area contributed by atoms with Crippen molar-refractivity contribution >= 4 is 34.5 Å². The van der Waals surface area contributed by atoms with Crippen LogP contribution in [0.25, 0.3) is 11.0 Å². The van der Waals surface area contributed by atoms with Gasteiger partial charge in [0.15, 0.2) is 5.65 Å². The zero-order valence-electron chi connectivity index (χ0n) is 17.3. The lowest BCUT2D eigenvalue weighted by atomic mass is 10.2. The van der Waals surface area contributed by atoms with E-state index in [2.05, 4.69) is 35.9 Å². The third-order valence-corrected chi connectivity index (χ3v) is 4.70. The van der Waals surface area contributed by atoms with Gasteiger partial charge >= 0.3 is 12.2 Å². The summed E-state index contributed by atoms with van der Waals surface area (Å²) in [5.74, 6) is 0.160. The number of amides is 2. The van der Waals surface area contributed by atoms with Crippen molar-refractivity contribution < 1.29 is 18.0 Å². The van der Waals surface area contributed by atoms with Crippen LogP contribution in [0.3, 0.4) is 0 Å². The molecule has 0 radical (unpaired) electrons. The summed E-state index contributed by atoms with van der Waals surface area (Å²) < 4.78 is 39.8. The molecule has 0 bridgehead atoms. The van der Waals surface area contributed by atoms with Gasteiger partial charge in [-0.15, -0.1) is 0 Å². The number of carbonyl (C=O) groups excluding carboxylic acids is 1. The van der Waals surface area contributed by atoms with Gasteiger partial charge in [-0.2, -0.15) is 23.1 Å². The molecule has 4 aromatic rings. The molecule has 0 fully saturated rings. The Morgan fingerprint density at radius 2 is 1.70 bits per heavy atom. The van der Waals surface area contributed by atoms with Crippen LogP contribution in [0.4, 0.5) is 35.4 Å². The molecule has 2 amide bonds. The molecule has 1 aromatic carbocycles. The van der Waals surface area contributed by atoms with Crippen LogP contribution in [0.15, 0.2) is 60.9 Å². The molecule has 0 aliphatic heterocycles. The zero-order chi connectivity index (χ0) is 23.4. The number of aromatic nitrogens is 4. The van der Waals surface area contributed by atoms with E-state index in [0.717, 1.165) is 11.8 Å². The van der Waals surface area contributed by atoms with Gasteiger partial charge in [-0.25, -0.2) is 9.78 Å². The Kier molecular flexibility index (Phi) is 6.03. The average Bonchev–Trinajstić information content (AvgIpc) is 2.78. The van der Waals surface area contributed by atoms with Crippen LogP contribution in [-0.4, -0.2) is 26.0 Å². The Balaban J connectivity index is 1.59. The van der Waals surface area contributed by atoms with Crippen molar-refractivity contribution in [1.29, 1.82) is 0 Å². The van der Waals surface area contributed by atoms with Crippen molar-refractivity contribution in [3.63, 3.8) is 0 Å². The van der Waals surface area contributed by atoms with Gasteiger partial charge in [-0.1, -0.05) is 24.3 Å². The summed E-state index contributed by atoms with van der Waals surface area (Å²) in [4.78, 5) is 28.6. The van der Waals surface area contributed by atoms with Crippen LogP contribution in [0.1, 0.15) is 16.8 Å². The molecule has 0 atom stereocenters. The van der Waals surface area contributed by atoms with Crippen LogP contribution < -0.4 is 16.0 Å². The predicted octanol–water partition coefficient (Wildman–Crippen LogP) is 5.00. The zero-order valence-corrected chi connectivity index (χ0v) is 17.3. The van der Waals surface area contributed by atoms with E-state index in [0.29, 0.717) is 11.1 Å². The number of aryl methyl sites for hydroxylation is 1. The third kappa shape index (κ3) is 5.14. The quantitative estimate of drug-likeness (QED) is 0.393. The van der Waals surface area contributed by atoms with Crippen molar-refractivity contribution in [3.8, 4) is 0 Å². The second-order valence-corrected chi connectivity index (χ2v) is 7.03. The fourth-order valence-electron chi connectivity index (χ4n) is 3.14. The maximum absolute atomic E-state index is 13.3. The summed E-state index contributed by atoms with van der Waals surface area (Å²) >= 11 is 0. The highest BCUT2D eigenvalue weighted by Gasteiger charge is 2.34. The second-order valence-electron chi connectivity index (χ2n) is 7.03. The minimum absolute atomic E-state index is 0.0487. The standard InChI is InChI=1S/C22H18F3N7O/c1-13-6-2-3-9-16(13)29-21(33)32-20-30-18-15(8-5-11-27-18)19(31-20)28-12-14-7-4-10-26-17(14)22(23,24)25/h2-11H,12H2,1H3,(H3,27,28,29,30,31,32,33). The maximum Gasteiger partial charge on any atom is 0.433 e. The second kappa shape index (κ2) is 9.07. The van der Waals surface area contributed by atoms with E-state index in [9.17, 15) is 18.0 Å². The van der Waals surface area contributed by atoms with Crippen molar-refractivity contribution in [2.45, 2.75) is 19.6 Å². The van der Waals surface area contributed by atoms with Gasteiger partial charge in [0, 0.05) is 30.2 Å². The number of para-hydroxylation sites is 1. The molecule has 3 N–H and O–H groups in total. The van der Waals surface area contributed by atoms with Gasteiger partial charge in [0.2, 0.25) is 5.95 Å². The molecule has 168 valence electrons. The van der Waals surface area contributed by atoms with Gasteiger partial charge in [-0.3, -0.25) is 10.3 Å². The first-order chi connectivity index (χ1) is 15.8. The summed E-state index contributed by atoms with van der Waals surface area (Å²) in [5, 5.41) is 8.62. The normalized spacial score (nSPS) is 11.3. The number of alkyl halides is 3. The van der Waals surface area contributed by atoms with Gasteiger partial charge in [0.05, 0.1) is 5.39 Å². The Morgan fingerprint density at radius 1 is 0.939 bits per heavy atom. The summed E-state index contributed by atoms with van der Waals surface area (Å²) in [6.45, 7) is 1.65. The lowest BCUT2D eigenvalue weighted by Crippen LogP contribution is -2.22. The van der Waals surface area contributed by atoms with E-state index in [1.54, 1.807) is 24.3 Å². The number of carbonyl (C=O) groups is 1. The lowest BCUT2D eigenvalue weighted by molar-refractivity contribution is -0.141. The summed E-state index contributed by atoms with van der Waals surface area (Å²) in [6, 6.07) is 12.7. The molecule has 8 nitrogen and oxygen atoms in total. The number of hydrogen-bond donors (Lipinski definition) is 3. The van der Waals surface area contributed by atoms with E-state index in [-0.39, 0.29) is 29.5 Å². The number of rotatable bonds is 5. The Labute approximate surface area is 186 Å². The Hall–Kier alpha value is -4.28. The molecule has 0 spiro atoms. The molecule has 3 aromatic heterocycles. The highest BCUT2D eigenvalue weighted by Crippen LogP contribution is 2.30. The summed E-state index contributed by atoms with van der Waals surface area (Å²) in [7, 11) is 0. The maximum atomic E-state index is 13.3. The van der Waals surface area contributed by atoms with Crippen molar-refractivity contribution in [3.05, 3.63) is 77.7 Å². The van der Waals surface area contributed by atoms with Gasteiger partial charge in [0.25, 0.3) is 0 Å². The molecule has 0 saturated carbocycles. The molecule has 4 rings (SSSR count). The smallest absolute Gasteiger partial charge is 0.365 e. The number of benzene rings is 1. The van der Waals surface area contributed by atoms with E-state index >= 15 is 0 Å². The van der Waals surface area contributed by atoms with Crippen LogP contribution in [0, 0.1) is 6.92 Å². The summed E-state index contributed by atoms with van der Waals surface area (Å²) in [6.07, 6.45) is -1.99. The molecule has 0 aliphatic rings. The minimum atomic E-state index is -4.59. The molecule has 0 unspecified atom stereocenters. The highest BCUT2D eigenvalue weighted by atomic mass is 19.4. The van der Waals surface area contributed by atoms with Crippen molar-refractivity contribution in [1.82, 2.24) is 19.9 Å². The minimum Gasteiger partial charge on any atom is -0.365 e. The highest BCUT2D eigenvalue weighted by molar-refractivity contribution is 6.00. The molecule has 3 heterocycles. The van der Waals surface area contributed by atoms with Gasteiger partial charge < -0.3 is 10.6 Å². The molecule has 11 heteroatoms. The number of nitrogens with zero attached hydrogens (tertiary/aromatic N) is 4. The SMILES string of the molecule is Cc1ccccc1NC(=O)Nc1nc(NCc2cccnc2C(F)(F)F)c2cccnc2n1. The average molecular weight is 453 g/mol. The number of fused-ring (bicyclic) bond motifs is 1. The van der Waals surface area contributed by atoms with E-state index < -0.39 is 17.9 Å². The van der Waals surface area contributed by atoms with Crippen molar-refractivity contribution in [2.75, 3.05) is 16.0 Å². The number of hydrogen-bond acceptors (Lipinski definition) is 6. The van der Waals surface area contributed by atoms with Crippen LogP contribution in [0.5, 0.6) is 0 Å². The molecular formula is C22H18F3N7O. The molecule has 0 aliphatic carbocycles. The van der Waals surface area contributed by atoms with E-state index in [4.69, 9.17) is 0 Å². The molecular weight excluding hydrogens is 435 g/mol. The van der Waals surface area contributed by atoms with Crippen molar-refractivity contribution in [2.24, 2.45) is 0 Å². The lowest BCUT2D eigenvalue weighted by Gasteiger charge is -2.14. The van der Waals surface area contributed by atoms with E-state index in [1.807, 2.05) is 19.1 Å². The summed E-state index contributed by atoms with van der Waals surface area (Å²) in [5.41, 5.74) is 0.720. The molecule has 0 saturated heterocycles. The first-order valence-corrected chi connectivity index (χ1v) is 9.82. The molecule has 33 heavy (non-hydrogen) atoms. The Morgan fingerprint density at radius 3 is 2.48 bits per heavy atom. The predicted molar refractivity (Wildman–Crippen MR) is 118 cm³/mol. The van der Waals surface area contributed by atoms with Crippen LogP contribution >= 0.6 is 0 Å². The van der Waals surface area contributed by atoms with Gasteiger partial charge in [0.1, 0.15) is 11.5 Å². The largest absolute Gasteiger partial charge is 0.433 e. The third-order valence-electron chi connectivity index (χ3n) is 4.70. The number of anilines is 3. The number of urea groups is 1. The first kappa shape index (κ1) is 21.9. The monoisotopic (exact) mass is 453 g/mol. The first-order valence-electron chi connectivity index (χ1n) is 9.82. The number of halogens is 3.